The van der Waals surface area contributed by atoms with E-state index in [2.05, 4.69) is 41.3 Å². The summed E-state index contributed by atoms with van der Waals surface area (Å²) in [4.78, 5) is 6.77. The van der Waals surface area contributed by atoms with E-state index in [0.717, 1.165) is 5.82 Å². The van der Waals surface area contributed by atoms with Crippen LogP contribution in [0.2, 0.25) is 0 Å². The Balaban J connectivity index is 2.14. The summed E-state index contributed by atoms with van der Waals surface area (Å²) in [5.41, 5.74) is 1.30. The van der Waals surface area contributed by atoms with E-state index in [0.29, 0.717) is 12.1 Å². The molecule has 1 fully saturated rings. The highest BCUT2D eigenvalue weighted by Gasteiger charge is 2.23. The molecule has 1 aromatic heterocycles. The number of pyridine rings is 1. The van der Waals surface area contributed by atoms with E-state index in [4.69, 9.17) is 0 Å². The predicted octanol–water partition coefficient (Wildman–Crippen LogP) is 2.35. The minimum Gasteiger partial charge on any atom is -0.357 e. The van der Waals surface area contributed by atoms with Crippen molar-refractivity contribution in [1.82, 2.24) is 10.3 Å². The summed E-state index contributed by atoms with van der Waals surface area (Å²) < 4.78 is 0. The highest BCUT2D eigenvalue weighted by molar-refractivity contribution is 5.42. The van der Waals surface area contributed by atoms with Crippen molar-refractivity contribution in [3.63, 3.8) is 0 Å². The van der Waals surface area contributed by atoms with E-state index in [1.54, 1.807) is 0 Å². The molecular weight excluding hydrogens is 198 g/mol. The molecule has 1 atom stereocenters. The van der Waals surface area contributed by atoms with Gasteiger partial charge in [-0.2, -0.15) is 0 Å². The van der Waals surface area contributed by atoms with Crippen molar-refractivity contribution >= 4 is 5.82 Å². The normalized spacial score (nSPS) is 17.9. The van der Waals surface area contributed by atoms with Crippen molar-refractivity contribution in [2.75, 3.05) is 19.0 Å². The molecule has 1 aliphatic rings. The van der Waals surface area contributed by atoms with Gasteiger partial charge in [0.1, 0.15) is 5.82 Å². The maximum atomic E-state index is 4.46. The first-order valence-corrected chi connectivity index (χ1v) is 6.08. The Morgan fingerprint density at radius 1 is 1.50 bits per heavy atom. The topological polar surface area (TPSA) is 28.2 Å². The molecule has 0 radical (unpaired) electrons. The fourth-order valence-electron chi connectivity index (χ4n) is 2.02. The van der Waals surface area contributed by atoms with Crippen LogP contribution in [0.5, 0.6) is 0 Å². The van der Waals surface area contributed by atoms with Gasteiger partial charge in [0.2, 0.25) is 0 Å². The van der Waals surface area contributed by atoms with E-state index in [9.17, 15) is 0 Å². The molecular formula is C13H21N3. The quantitative estimate of drug-likeness (QED) is 0.842. The van der Waals surface area contributed by atoms with Crippen LogP contribution in [0.25, 0.3) is 0 Å². The van der Waals surface area contributed by atoms with Gasteiger partial charge in [-0.05, 0) is 50.9 Å². The van der Waals surface area contributed by atoms with Gasteiger partial charge in [-0.3, -0.25) is 0 Å². The molecule has 0 saturated heterocycles. The number of anilines is 1. The van der Waals surface area contributed by atoms with Gasteiger partial charge in [0.15, 0.2) is 0 Å². The second-order valence-electron chi connectivity index (χ2n) is 4.65. The van der Waals surface area contributed by atoms with Gasteiger partial charge >= 0.3 is 0 Å². The SMILES string of the molecule is CNC(C)c1ccnc(N(C)C2CCC2)c1. The Morgan fingerprint density at radius 3 is 2.81 bits per heavy atom. The van der Waals surface area contributed by atoms with Crippen LogP contribution in [-0.2, 0) is 0 Å². The first-order chi connectivity index (χ1) is 7.72. The van der Waals surface area contributed by atoms with Gasteiger partial charge in [-0.25, -0.2) is 4.98 Å². The second kappa shape index (κ2) is 4.83. The third-order valence-electron chi connectivity index (χ3n) is 3.69. The third kappa shape index (κ3) is 2.19. The zero-order valence-corrected chi connectivity index (χ0v) is 10.4. The van der Waals surface area contributed by atoms with Crippen molar-refractivity contribution in [2.45, 2.75) is 38.3 Å². The second-order valence-corrected chi connectivity index (χ2v) is 4.65. The van der Waals surface area contributed by atoms with Crippen LogP contribution >= 0.6 is 0 Å². The summed E-state index contributed by atoms with van der Waals surface area (Å²) >= 11 is 0. The van der Waals surface area contributed by atoms with Crippen molar-refractivity contribution in [3.05, 3.63) is 23.9 Å². The number of nitrogens with one attached hydrogen (secondary N) is 1. The molecule has 0 bridgehead atoms. The summed E-state index contributed by atoms with van der Waals surface area (Å²) in [6, 6.07) is 5.36. The van der Waals surface area contributed by atoms with Gasteiger partial charge in [-0.15, -0.1) is 0 Å². The van der Waals surface area contributed by atoms with E-state index in [1.807, 2.05) is 13.2 Å². The van der Waals surface area contributed by atoms with Crippen molar-refractivity contribution < 1.29 is 0 Å². The maximum absolute atomic E-state index is 4.46. The molecule has 1 heterocycles. The Bertz CT molecular complexity index is 347. The van der Waals surface area contributed by atoms with Crippen molar-refractivity contribution in [2.24, 2.45) is 0 Å². The minimum absolute atomic E-state index is 0.386. The molecule has 0 spiro atoms. The fourth-order valence-corrected chi connectivity index (χ4v) is 2.02. The highest BCUT2D eigenvalue weighted by Crippen LogP contribution is 2.28. The lowest BCUT2D eigenvalue weighted by atomic mass is 9.92. The monoisotopic (exact) mass is 219 g/mol. The lowest BCUT2D eigenvalue weighted by molar-refractivity contribution is 0.399. The molecule has 0 aliphatic heterocycles. The summed E-state index contributed by atoms with van der Waals surface area (Å²) in [5.74, 6) is 1.10. The van der Waals surface area contributed by atoms with Gasteiger partial charge in [-0.1, -0.05) is 0 Å². The Hall–Kier alpha value is -1.09. The standard InChI is InChI=1S/C13H21N3/c1-10(14-2)11-7-8-15-13(9-11)16(3)12-5-4-6-12/h7-10,12,14H,4-6H2,1-3H3. The van der Waals surface area contributed by atoms with E-state index >= 15 is 0 Å². The molecule has 0 amide bonds. The molecule has 1 aliphatic carbocycles. The number of rotatable bonds is 4. The van der Waals surface area contributed by atoms with Crippen LogP contribution in [0, 0.1) is 0 Å². The molecule has 2 rings (SSSR count). The van der Waals surface area contributed by atoms with E-state index in [1.165, 1.54) is 24.8 Å². The largest absolute Gasteiger partial charge is 0.357 e. The number of aromatic nitrogens is 1. The number of hydrogen-bond acceptors (Lipinski definition) is 3. The van der Waals surface area contributed by atoms with Gasteiger partial charge < -0.3 is 10.2 Å². The Labute approximate surface area is 97.9 Å². The average molecular weight is 219 g/mol. The first-order valence-electron chi connectivity index (χ1n) is 6.08. The maximum Gasteiger partial charge on any atom is 0.128 e. The predicted molar refractivity (Wildman–Crippen MR) is 67.8 cm³/mol. The van der Waals surface area contributed by atoms with E-state index < -0.39 is 0 Å². The van der Waals surface area contributed by atoms with Crippen molar-refractivity contribution in [3.8, 4) is 0 Å². The minimum atomic E-state index is 0.386. The lowest BCUT2D eigenvalue weighted by Crippen LogP contribution is -2.37. The Kier molecular flexibility index (Phi) is 3.44. The van der Waals surface area contributed by atoms with Crippen LogP contribution in [0.4, 0.5) is 5.82 Å². The number of nitrogens with zero attached hydrogens (tertiary/aromatic N) is 2. The molecule has 16 heavy (non-hydrogen) atoms. The molecule has 1 aromatic rings. The summed E-state index contributed by atoms with van der Waals surface area (Å²) in [5, 5.41) is 3.26. The third-order valence-corrected chi connectivity index (χ3v) is 3.69. The van der Waals surface area contributed by atoms with Gasteiger partial charge in [0, 0.05) is 25.3 Å². The van der Waals surface area contributed by atoms with Gasteiger partial charge in [0.05, 0.1) is 0 Å². The first kappa shape index (κ1) is 11.4. The molecule has 3 heteroatoms. The molecule has 1 unspecified atom stereocenters. The zero-order valence-electron chi connectivity index (χ0n) is 10.4. The van der Waals surface area contributed by atoms with Crippen molar-refractivity contribution in [1.29, 1.82) is 0 Å². The summed E-state index contributed by atoms with van der Waals surface area (Å²) in [7, 11) is 4.14. The molecule has 1 N–H and O–H groups in total. The summed E-state index contributed by atoms with van der Waals surface area (Å²) in [6.45, 7) is 2.17. The van der Waals surface area contributed by atoms with Crippen LogP contribution in [0.1, 0.15) is 37.8 Å². The summed E-state index contributed by atoms with van der Waals surface area (Å²) in [6.07, 6.45) is 5.89. The van der Waals surface area contributed by atoms with E-state index in [-0.39, 0.29) is 0 Å². The van der Waals surface area contributed by atoms with Crippen LogP contribution < -0.4 is 10.2 Å². The zero-order chi connectivity index (χ0) is 11.5. The molecule has 3 nitrogen and oxygen atoms in total. The average Bonchev–Trinajstić information content (AvgIpc) is 2.26. The molecule has 88 valence electrons. The highest BCUT2D eigenvalue weighted by atomic mass is 15.2. The smallest absolute Gasteiger partial charge is 0.128 e. The van der Waals surface area contributed by atoms with Gasteiger partial charge in [0.25, 0.3) is 0 Å². The molecule has 0 aromatic carbocycles. The van der Waals surface area contributed by atoms with Crippen LogP contribution in [-0.4, -0.2) is 25.1 Å². The Morgan fingerprint density at radius 2 is 2.25 bits per heavy atom. The van der Waals surface area contributed by atoms with Crippen LogP contribution in [0.3, 0.4) is 0 Å². The van der Waals surface area contributed by atoms with Crippen LogP contribution in [0.15, 0.2) is 18.3 Å². The fraction of sp³-hybridized carbons (Fsp3) is 0.615. The molecule has 1 saturated carbocycles. The number of hydrogen-bond donors (Lipinski definition) is 1. The lowest BCUT2D eigenvalue weighted by Gasteiger charge is -2.35.